The second-order valence-corrected chi connectivity index (χ2v) is 4.85. The number of anilines is 1. The average molecular weight is 233 g/mol. The zero-order valence-corrected chi connectivity index (χ0v) is 10.1. The molecule has 0 aromatic carbocycles. The molecule has 1 aromatic heterocycles. The van der Waals surface area contributed by atoms with Crippen LogP contribution in [0.15, 0.2) is 18.3 Å². The highest BCUT2D eigenvalue weighted by Gasteiger charge is 2.23. The SMILES string of the molecule is CC1CCCC1CNC(=O)c1ccnc(N)c1. The lowest BCUT2D eigenvalue weighted by atomic mass is 9.98. The summed E-state index contributed by atoms with van der Waals surface area (Å²) in [6, 6.07) is 3.29. The Bertz CT molecular complexity index is 405. The van der Waals surface area contributed by atoms with Crippen molar-refractivity contribution in [3.8, 4) is 0 Å². The van der Waals surface area contributed by atoms with E-state index in [9.17, 15) is 4.79 Å². The predicted molar refractivity (Wildman–Crippen MR) is 67.5 cm³/mol. The van der Waals surface area contributed by atoms with Gasteiger partial charge in [-0.3, -0.25) is 4.79 Å². The van der Waals surface area contributed by atoms with Gasteiger partial charge in [-0.15, -0.1) is 0 Å². The molecular formula is C13H19N3O. The first-order valence-electron chi connectivity index (χ1n) is 6.16. The van der Waals surface area contributed by atoms with Gasteiger partial charge in [-0.25, -0.2) is 4.98 Å². The van der Waals surface area contributed by atoms with E-state index >= 15 is 0 Å². The highest BCUT2D eigenvalue weighted by molar-refractivity contribution is 5.94. The third-order valence-corrected chi connectivity index (χ3v) is 3.61. The first kappa shape index (κ1) is 11.9. The number of hydrogen-bond acceptors (Lipinski definition) is 3. The molecule has 0 aliphatic heterocycles. The van der Waals surface area contributed by atoms with Gasteiger partial charge < -0.3 is 11.1 Å². The van der Waals surface area contributed by atoms with Crippen molar-refractivity contribution in [1.29, 1.82) is 0 Å². The van der Waals surface area contributed by atoms with Crippen LogP contribution in [0.3, 0.4) is 0 Å². The number of carbonyl (C=O) groups excluding carboxylic acids is 1. The molecule has 0 radical (unpaired) electrons. The van der Waals surface area contributed by atoms with E-state index in [-0.39, 0.29) is 5.91 Å². The molecule has 2 rings (SSSR count). The van der Waals surface area contributed by atoms with Crippen LogP contribution in [0.2, 0.25) is 0 Å². The van der Waals surface area contributed by atoms with Gasteiger partial charge in [0.25, 0.3) is 5.91 Å². The second kappa shape index (κ2) is 5.17. The van der Waals surface area contributed by atoms with Crippen LogP contribution in [-0.4, -0.2) is 17.4 Å². The van der Waals surface area contributed by atoms with Gasteiger partial charge in [0.15, 0.2) is 0 Å². The summed E-state index contributed by atoms with van der Waals surface area (Å²) in [5, 5.41) is 2.98. The van der Waals surface area contributed by atoms with Crippen molar-refractivity contribution in [2.45, 2.75) is 26.2 Å². The van der Waals surface area contributed by atoms with Crippen LogP contribution in [0.25, 0.3) is 0 Å². The lowest BCUT2D eigenvalue weighted by molar-refractivity contribution is 0.0944. The summed E-state index contributed by atoms with van der Waals surface area (Å²) in [6.07, 6.45) is 5.34. The predicted octanol–water partition coefficient (Wildman–Crippen LogP) is 1.83. The van der Waals surface area contributed by atoms with Crippen molar-refractivity contribution in [2.24, 2.45) is 11.8 Å². The van der Waals surface area contributed by atoms with Crippen molar-refractivity contribution in [3.05, 3.63) is 23.9 Å². The molecule has 1 aromatic rings. The second-order valence-electron chi connectivity index (χ2n) is 4.85. The first-order valence-corrected chi connectivity index (χ1v) is 6.16. The number of nitrogen functional groups attached to an aromatic ring is 1. The number of rotatable bonds is 3. The molecule has 92 valence electrons. The van der Waals surface area contributed by atoms with Gasteiger partial charge >= 0.3 is 0 Å². The summed E-state index contributed by atoms with van der Waals surface area (Å²) in [5.74, 6) is 1.67. The van der Waals surface area contributed by atoms with Gasteiger partial charge in [0, 0.05) is 18.3 Å². The molecule has 0 spiro atoms. The minimum absolute atomic E-state index is 0.0572. The Hall–Kier alpha value is -1.58. The smallest absolute Gasteiger partial charge is 0.251 e. The van der Waals surface area contributed by atoms with Crippen molar-refractivity contribution in [3.63, 3.8) is 0 Å². The standard InChI is InChI=1S/C13H19N3O/c1-9-3-2-4-11(9)8-16-13(17)10-5-6-15-12(14)7-10/h5-7,9,11H,2-4,8H2,1H3,(H2,14,15)(H,16,17). The Balaban J connectivity index is 1.89. The molecule has 1 heterocycles. The highest BCUT2D eigenvalue weighted by atomic mass is 16.1. The van der Waals surface area contributed by atoms with E-state index in [1.54, 1.807) is 18.3 Å². The molecule has 0 saturated heterocycles. The molecule has 4 nitrogen and oxygen atoms in total. The van der Waals surface area contributed by atoms with E-state index in [0.717, 1.165) is 12.5 Å². The number of nitrogens with zero attached hydrogens (tertiary/aromatic N) is 1. The minimum Gasteiger partial charge on any atom is -0.384 e. The molecule has 1 saturated carbocycles. The van der Waals surface area contributed by atoms with Gasteiger partial charge in [0.2, 0.25) is 0 Å². The molecule has 1 aliphatic rings. The zero-order valence-electron chi connectivity index (χ0n) is 10.1. The lowest BCUT2D eigenvalue weighted by Crippen LogP contribution is -2.30. The monoisotopic (exact) mass is 233 g/mol. The van der Waals surface area contributed by atoms with Crippen LogP contribution in [-0.2, 0) is 0 Å². The molecular weight excluding hydrogens is 214 g/mol. The van der Waals surface area contributed by atoms with Crippen molar-refractivity contribution in [2.75, 3.05) is 12.3 Å². The van der Waals surface area contributed by atoms with Gasteiger partial charge in [-0.1, -0.05) is 19.8 Å². The molecule has 1 fully saturated rings. The number of nitrogens with one attached hydrogen (secondary N) is 1. The fourth-order valence-corrected chi connectivity index (χ4v) is 2.44. The summed E-state index contributed by atoms with van der Waals surface area (Å²) < 4.78 is 0. The van der Waals surface area contributed by atoms with Crippen LogP contribution in [0.4, 0.5) is 5.82 Å². The van der Waals surface area contributed by atoms with Crippen LogP contribution in [0.1, 0.15) is 36.5 Å². The molecule has 1 amide bonds. The lowest BCUT2D eigenvalue weighted by Gasteiger charge is -2.15. The number of carbonyl (C=O) groups is 1. The third-order valence-electron chi connectivity index (χ3n) is 3.61. The molecule has 0 bridgehead atoms. The van der Waals surface area contributed by atoms with Gasteiger partial charge in [0.05, 0.1) is 0 Å². The number of aromatic nitrogens is 1. The Morgan fingerprint density at radius 2 is 2.41 bits per heavy atom. The fraction of sp³-hybridized carbons (Fsp3) is 0.538. The highest BCUT2D eigenvalue weighted by Crippen LogP contribution is 2.30. The Kier molecular flexibility index (Phi) is 3.61. The maximum absolute atomic E-state index is 11.9. The van der Waals surface area contributed by atoms with E-state index in [4.69, 9.17) is 5.73 Å². The average Bonchev–Trinajstić information content (AvgIpc) is 2.72. The van der Waals surface area contributed by atoms with E-state index in [1.165, 1.54) is 19.3 Å². The number of amides is 1. The number of nitrogens with two attached hydrogens (primary N) is 1. The van der Waals surface area contributed by atoms with Crippen LogP contribution < -0.4 is 11.1 Å². The summed E-state index contributed by atoms with van der Waals surface area (Å²) in [4.78, 5) is 15.7. The minimum atomic E-state index is -0.0572. The Morgan fingerprint density at radius 3 is 3.06 bits per heavy atom. The van der Waals surface area contributed by atoms with Crippen molar-refractivity contribution < 1.29 is 4.79 Å². The molecule has 2 unspecified atom stereocenters. The van der Waals surface area contributed by atoms with Crippen molar-refractivity contribution >= 4 is 11.7 Å². The number of hydrogen-bond donors (Lipinski definition) is 2. The van der Waals surface area contributed by atoms with Gasteiger partial charge in [-0.05, 0) is 30.4 Å². The van der Waals surface area contributed by atoms with Crippen LogP contribution in [0, 0.1) is 11.8 Å². The van der Waals surface area contributed by atoms with E-state index in [2.05, 4.69) is 17.2 Å². The van der Waals surface area contributed by atoms with E-state index in [1.807, 2.05) is 0 Å². The largest absolute Gasteiger partial charge is 0.384 e. The Morgan fingerprint density at radius 1 is 1.59 bits per heavy atom. The maximum Gasteiger partial charge on any atom is 0.251 e. The molecule has 1 aliphatic carbocycles. The summed E-state index contributed by atoms with van der Waals surface area (Å²) in [7, 11) is 0. The summed E-state index contributed by atoms with van der Waals surface area (Å²) >= 11 is 0. The normalized spacial score (nSPS) is 23.6. The summed E-state index contributed by atoms with van der Waals surface area (Å²) in [5.41, 5.74) is 6.13. The molecule has 17 heavy (non-hydrogen) atoms. The topological polar surface area (TPSA) is 68.0 Å². The molecule has 3 N–H and O–H groups in total. The summed E-state index contributed by atoms with van der Waals surface area (Å²) in [6.45, 7) is 3.02. The number of pyridine rings is 1. The molecule has 2 atom stereocenters. The van der Waals surface area contributed by atoms with Gasteiger partial charge in [-0.2, -0.15) is 0 Å². The van der Waals surface area contributed by atoms with E-state index < -0.39 is 0 Å². The van der Waals surface area contributed by atoms with Gasteiger partial charge in [0.1, 0.15) is 5.82 Å². The van der Waals surface area contributed by atoms with Crippen LogP contribution >= 0.6 is 0 Å². The first-order chi connectivity index (χ1) is 8.16. The van der Waals surface area contributed by atoms with Crippen LogP contribution in [0.5, 0.6) is 0 Å². The maximum atomic E-state index is 11.9. The third kappa shape index (κ3) is 2.96. The fourth-order valence-electron chi connectivity index (χ4n) is 2.44. The van der Waals surface area contributed by atoms with E-state index in [0.29, 0.717) is 17.3 Å². The zero-order chi connectivity index (χ0) is 12.3. The van der Waals surface area contributed by atoms with Crippen molar-refractivity contribution in [1.82, 2.24) is 10.3 Å². The quantitative estimate of drug-likeness (QED) is 0.837. The Labute approximate surface area is 102 Å². The molecule has 4 heteroatoms.